The Morgan fingerprint density at radius 1 is 1.60 bits per heavy atom. The average molecular weight is 216 g/mol. The number of methoxy groups -OCH3 is 1. The van der Waals surface area contributed by atoms with Crippen LogP contribution in [0.1, 0.15) is 6.92 Å². The van der Waals surface area contributed by atoms with Gasteiger partial charge in [-0.05, 0) is 14.0 Å². The molecule has 2 N–H and O–H groups in total. The molecule has 5 heteroatoms. The quantitative estimate of drug-likeness (QED) is 0.642. The van der Waals surface area contributed by atoms with E-state index >= 15 is 0 Å². The standard InChI is InChI=1S/C10H20N2O3/c1-7(4-14-3)12-10(13)8-5-15-6-9(8)11-2/h7-9,11H,4-6H2,1-3H3,(H,12,13). The van der Waals surface area contributed by atoms with E-state index < -0.39 is 0 Å². The Labute approximate surface area is 90.5 Å². The zero-order chi connectivity index (χ0) is 11.3. The van der Waals surface area contributed by atoms with Gasteiger partial charge >= 0.3 is 0 Å². The first-order valence-corrected chi connectivity index (χ1v) is 5.23. The fourth-order valence-corrected chi connectivity index (χ4v) is 1.74. The van der Waals surface area contributed by atoms with Crippen LogP contribution in [0.2, 0.25) is 0 Å². The predicted octanol–water partition coefficient (Wildman–Crippen LogP) is -0.628. The third-order valence-corrected chi connectivity index (χ3v) is 2.59. The Balaban J connectivity index is 2.38. The summed E-state index contributed by atoms with van der Waals surface area (Å²) in [5.41, 5.74) is 0. The molecule has 88 valence electrons. The summed E-state index contributed by atoms with van der Waals surface area (Å²) in [5, 5.41) is 5.99. The van der Waals surface area contributed by atoms with E-state index in [0.29, 0.717) is 19.8 Å². The third-order valence-electron chi connectivity index (χ3n) is 2.59. The first-order valence-electron chi connectivity index (χ1n) is 5.23. The molecule has 1 aliphatic heterocycles. The highest BCUT2D eigenvalue weighted by atomic mass is 16.5. The zero-order valence-electron chi connectivity index (χ0n) is 9.58. The van der Waals surface area contributed by atoms with Gasteiger partial charge in [0.25, 0.3) is 0 Å². The molecule has 1 saturated heterocycles. The summed E-state index contributed by atoms with van der Waals surface area (Å²) < 4.78 is 10.2. The number of carbonyl (C=O) groups excluding carboxylic acids is 1. The number of nitrogens with one attached hydrogen (secondary N) is 2. The second-order valence-electron chi connectivity index (χ2n) is 3.90. The normalized spacial score (nSPS) is 27.7. The van der Waals surface area contributed by atoms with Gasteiger partial charge in [-0.2, -0.15) is 0 Å². The summed E-state index contributed by atoms with van der Waals surface area (Å²) in [5.74, 6) is -0.0503. The number of rotatable bonds is 5. The van der Waals surface area contributed by atoms with Crippen LogP contribution in [0.5, 0.6) is 0 Å². The average Bonchev–Trinajstić information content (AvgIpc) is 2.65. The monoisotopic (exact) mass is 216 g/mol. The molecule has 1 fully saturated rings. The van der Waals surface area contributed by atoms with Crippen LogP contribution < -0.4 is 10.6 Å². The minimum Gasteiger partial charge on any atom is -0.383 e. The van der Waals surface area contributed by atoms with Crippen molar-refractivity contribution in [3.8, 4) is 0 Å². The van der Waals surface area contributed by atoms with Crippen molar-refractivity contribution >= 4 is 5.91 Å². The van der Waals surface area contributed by atoms with Gasteiger partial charge in [0.05, 0.1) is 25.7 Å². The smallest absolute Gasteiger partial charge is 0.227 e. The van der Waals surface area contributed by atoms with E-state index in [2.05, 4.69) is 10.6 Å². The van der Waals surface area contributed by atoms with Crippen LogP contribution >= 0.6 is 0 Å². The fourth-order valence-electron chi connectivity index (χ4n) is 1.74. The van der Waals surface area contributed by atoms with Crippen LogP contribution in [0.15, 0.2) is 0 Å². The first kappa shape index (κ1) is 12.4. The second-order valence-corrected chi connectivity index (χ2v) is 3.90. The topological polar surface area (TPSA) is 59.6 Å². The maximum absolute atomic E-state index is 11.8. The van der Waals surface area contributed by atoms with Gasteiger partial charge in [0.15, 0.2) is 0 Å². The van der Waals surface area contributed by atoms with Crippen molar-refractivity contribution in [1.82, 2.24) is 10.6 Å². The Hall–Kier alpha value is -0.650. The predicted molar refractivity (Wildman–Crippen MR) is 56.6 cm³/mol. The van der Waals surface area contributed by atoms with E-state index in [1.54, 1.807) is 7.11 Å². The van der Waals surface area contributed by atoms with Gasteiger partial charge < -0.3 is 20.1 Å². The van der Waals surface area contributed by atoms with E-state index in [1.807, 2.05) is 14.0 Å². The summed E-state index contributed by atoms with van der Waals surface area (Å²) in [6.45, 7) is 3.55. The molecule has 0 aromatic heterocycles. The van der Waals surface area contributed by atoms with E-state index in [0.717, 1.165) is 0 Å². The highest BCUT2D eigenvalue weighted by Gasteiger charge is 2.33. The van der Waals surface area contributed by atoms with Crippen molar-refractivity contribution in [3.05, 3.63) is 0 Å². The summed E-state index contributed by atoms with van der Waals surface area (Å²) in [4.78, 5) is 11.8. The summed E-state index contributed by atoms with van der Waals surface area (Å²) >= 11 is 0. The van der Waals surface area contributed by atoms with Crippen molar-refractivity contribution in [2.24, 2.45) is 5.92 Å². The molecule has 1 aliphatic rings. The number of amides is 1. The molecule has 0 saturated carbocycles. The molecule has 3 unspecified atom stereocenters. The zero-order valence-corrected chi connectivity index (χ0v) is 9.58. The Morgan fingerprint density at radius 2 is 2.33 bits per heavy atom. The first-order chi connectivity index (χ1) is 7.19. The van der Waals surface area contributed by atoms with Crippen LogP contribution in [-0.2, 0) is 14.3 Å². The molecule has 0 radical (unpaired) electrons. The van der Waals surface area contributed by atoms with Gasteiger partial charge in [-0.25, -0.2) is 0 Å². The molecule has 0 spiro atoms. The van der Waals surface area contributed by atoms with Gasteiger partial charge in [-0.15, -0.1) is 0 Å². The molecule has 1 rings (SSSR count). The molecular formula is C10H20N2O3. The molecule has 0 aromatic rings. The molecule has 0 bridgehead atoms. The minimum atomic E-state index is -0.0886. The SMILES string of the molecule is CNC1COCC1C(=O)NC(C)COC. The lowest BCUT2D eigenvalue weighted by Gasteiger charge is -2.19. The molecule has 0 aliphatic carbocycles. The van der Waals surface area contributed by atoms with Crippen molar-refractivity contribution in [2.45, 2.75) is 19.0 Å². The third kappa shape index (κ3) is 3.44. The fraction of sp³-hybridized carbons (Fsp3) is 0.900. The molecule has 0 aromatic carbocycles. The van der Waals surface area contributed by atoms with Gasteiger partial charge in [0.2, 0.25) is 5.91 Å². The summed E-state index contributed by atoms with van der Waals surface area (Å²) in [6.07, 6.45) is 0. The molecule has 15 heavy (non-hydrogen) atoms. The maximum Gasteiger partial charge on any atom is 0.227 e. The Kier molecular flexibility index (Phi) is 5.01. The van der Waals surface area contributed by atoms with Crippen LogP contribution in [-0.4, -0.2) is 52.0 Å². The van der Waals surface area contributed by atoms with Gasteiger partial charge in [0.1, 0.15) is 0 Å². The van der Waals surface area contributed by atoms with Crippen LogP contribution in [0.25, 0.3) is 0 Å². The summed E-state index contributed by atoms with van der Waals surface area (Å²) in [6, 6.07) is 0.167. The largest absolute Gasteiger partial charge is 0.383 e. The van der Waals surface area contributed by atoms with E-state index in [-0.39, 0.29) is 23.9 Å². The Morgan fingerprint density at radius 3 is 2.93 bits per heavy atom. The molecule has 1 heterocycles. The van der Waals surface area contributed by atoms with Gasteiger partial charge in [-0.3, -0.25) is 4.79 Å². The van der Waals surface area contributed by atoms with Crippen LogP contribution in [0, 0.1) is 5.92 Å². The number of hydrogen-bond donors (Lipinski definition) is 2. The van der Waals surface area contributed by atoms with E-state index in [1.165, 1.54) is 0 Å². The molecule has 5 nitrogen and oxygen atoms in total. The molecule has 3 atom stereocenters. The second kappa shape index (κ2) is 6.05. The molecule has 1 amide bonds. The van der Waals surface area contributed by atoms with Crippen molar-refractivity contribution in [3.63, 3.8) is 0 Å². The highest BCUT2D eigenvalue weighted by Crippen LogP contribution is 2.13. The van der Waals surface area contributed by atoms with Crippen molar-refractivity contribution in [2.75, 3.05) is 34.0 Å². The lowest BCUT2D eigenvalue weighted by Crippen LogP contribution is -2.46. The number of likely N-dealkylation sites (N-methyl/N-ethyl adjacent to an activating group) is 1. The van der Waals surface area contributed by atoms with Gasteiger partial charge in [-0.1, -0.05) is 0 Å². The van der Waals surface area contributed by atoms with Crippen molar-refractivity contribution in [1.29, 1.82) is 0 Å². The van der Waals surface area contributed by atoms with Crippen LogP contribution in [0.3, 0.4) is 0 Å². The van der Waals surface area contributed by atoms with Crippen LogP contribution in [0.4, 0.5) is 0 Å². The summed E-state index contributed by atoms with van der Waals surface area (Å²) in [7, 11) is 3.47. The molecular weight excluding hydrogens is 196 g/mol. The lowest BCUT2D eigenvalue weighted by molar-refractivity contribution is -0.126. The van der Waals surface area contributed by atoms with E-state index in [4.69, 9.17) is 9.47 Å². The lowest BCUT2D eigenvalue weighted by atomic mass is 10.0. The Bertz CT molecular complexity index is 211. The van der Waals surface area contributed by atoms with Crippen molar-refractivity contribution < 1.29 is 14.3 Å². The minimum absolute atomic E-state index is 0.0383. The number of hydrogen-bond acceptors (Lipinski definition) is 4. The maximum atomic E-state index is 11.8. The van der Waals surface area contributed by atoms with Gasteiger partial charge in [0, 0.05) is 19.2 Å². The number of carbonyl (C=O) groups is 1. The number of ether oxygens (including phenoxy) is 2. The highest BCUT2D eigenvalue weighted by molar-refractivity contribution is 5.80. The van der Waals surface area contributed by atoms with E-state index in [9.17, 15) is 4.79 Å².